The molecule has 1 aliphatic heterocycles. The molecule has 0 radical (unpaired) electrons. The summed E-state index contributed by atoms with van der Waals surface area (Å²) in [5, 5.41) is 3.09. The van der Waals surface area contributed by atoms with Gasteiger partial charge in [0.05, 0.1) is 12.5 Å². The van der Waals surface area contributed by atoms with Crippen LogP contribution in [-0.2, 0) is 17.6 Å². The second-order valence-corrected chi connectivity index (χ2v) is 6.00. The van der Waals surface area contributed by atoms with Crippen molar-refractivity contribution in [3.63, 3.8) is 0 Å². The molecule has 126 valence electrons. The number of amides is 1. The second-order valence-electron chi connectivity index (χ2n) is 6.00. The van der Waals surface area contributed by atoms with Crippen molar-refractivity contribution in [3.8, 4) is 11.5 Å². The molecule has 2 aromatic carbocycles. The van der Waals surface area contributed by atoms with E-state index >= 15 is 0 Å². The highest BCUT2D eigenvalue weighted by Gasteiger charge is 2.19. The molecule has 0 aliphatic carbocycles. The van der Waals surface area contributed by atoms with Gasteiger partial charge in [0.2, 0.25) is 5.91 Å². The Morgan fingerprint density at radius 2 is 1.79 bits per heavy atom. The van der Waals surface area contributed by atoms with Gasteiger partial charge in [-0.15, -0.1) is 0 Å². The summed E-state index contributed by atoms with van der Waals surface area (Å²) < 4.78 is 11.3. The van der Waals surface area contributed by atoms with Crippen molar-refractivity contribution >= 4 is 5.91 Å². The van der Waals surface area contributed by atoms with E-state index in [2.05, 4.69) is 12.2 Å². The number of hydrogen-bond donors (Lipinski definition) is 1. The number of benzene rings is 2. The Labute approximate surface area is 142 Å². The third kappa shape index (κ3) is 3.70. The minimum atomic E-state index is -0.0769. The largest absolute Gasteiger partial charge is 0.486 e. The average Bonchev–Trinajstić information content (AvgIpc) is 2.61. The fourth-order valence-electron chi connectivity index (χ4n) is 3.01. The monoisotopic (exact) mass is 325 g/mol. The summed E-state index contributed by atoms with van der Waals surface area (Å²) in [6.07, 6.45) is 1.27. The van der Waals surface area contributed by atoms with Crippen LogP contribution in [0.25, 0.3) is 0 Å². The second kappa shape index (κ2) is 7.39. The van der Waals surface area contributed by atoms with E-state index in [4.69, 9.17) is 9.47 Å². The number of carbonyl (C=O) groups excluding carboxylic acids is 1. The van der Waals surface area contributed by atoms with Crippen LogP contribution in [0.1, 0.15) is 36.6 Å². The van der Waals surface area contributed by atoms with Gasteiger partial charge in [-0.25, -0.2) is 0 Å². The molecule has 3 rings (SSSR count). The van der Waals surface area contributed by atoms with Crippen LogP contribution < -0.4 is 14.8 Å². The average molecular weight is 325 g/mol. The van der Waals surface area contributed by atoms with Crippen LogP contribution in [-0.4, -0.2) is 19.1 Å². The summed E-state index contributed by atoms with van der Waals surface area (Å²) in [6, 6.07) is 13.7. The molecule has 1 amide bonds. The molecule has 24 heavy (non-hydrogen) atoms. The standard InChI is InChI=1S/C20H23NO3/c1-3-16-12-18-19(24-10-9-23-18)13-17(16)14(2)21-20(22)11-15-7-5-4-6-8-15/h4-8,12-14H,3,9-11H2,1-2H3,(H,21,22). The van der Waals surface area contributed by atoms with Crippen LogP contribution in [0.15, 0.2) is 42.5 Å². The summed E-state index contributed by atoms with van der Waals surface area (Å²) in [5.74, 6) is 1.58. The van der Waals surface area contributed by atoms with Crippen LogP contribution >= 0.6 is 0 Å². The lowest BCUT2D eigenvalue weighted by Crippen LogP contribution is -2.29. The third-order valence-corrected chi connectivity index (χ3v) is 4.24. The maximum absolute atomic E-state index is 12.3. The molecule has 1 atom stereocenters. The van der Waals surface area contributed by atoms with Crippen molar-refractivity contribution in [1.82, 2.24) is 5.32 Å². The first-order valence-electron chi connectivity index (χ1n) is 8.43. The van der Waals surface area contributed by atoms with Crippen LogP contribution in [0.5, 0.6) is 11.5 Å². The lowest BCUT2D eigenvalue weighted by atomic mass is 9.98. The fourth-order valence-corrected chi connectivity index (χ4v) is 3.01. The first-order valence-corrected chi connectivity index (χ1v) is 8.43. The molecule has 0 bridgehead atoms. The molecular weight excluding hydrogens is 302 g/mol. The van der Waals surface area contributed by atoms with E-state index < -0.39 is 0 Å². The fraction of sp³-hybridized carbons (Fsp3) is 0.350. The van der Waals surface area contributed by atoms with Crippen LogP contribution in [0, 0.1) is 0 Å². The number of ether oxygens (including phenoxy) is 2. The van der Waals surface area contributed by atoms with Gasteiger partial charge < -0.3 is 14.8 Å². The number of aryl methyl sites for hydroxylation is 1. The zero-order valence-electron chi connectivity index (χ0n) is 14.2. The predicted molar refractivity (Wildman–Crippen MR) is 93.5 cm³/mol. The molecule has 0 spiro atoms. The SMILES string of the molecule is CCc1cc2c(cc1C(C)NC(=O)Cc1ccccc1)OCCO2. The van der Waals surface area contributed by atoms with Crippen molar-refractivity contribution in [2.24, 2.45) is 0 Å². The van der Waals surface area contributed by atoms with Gasteiger partial charge in [-0.05, 0) is 42.2 Å². The van der Waals surface area contributed by atoms with Gasteiger partial charge in [0.15, 0.2) is 11.5 Å². The molecule has 2 aromatic rings. The Morgan fingerprint density at radius 3 is 2.46 bits per heavy atom. The molecule has 1 aliphatic rings. The third-order valence-electron chi connectivity index (χ3n) is 4.24. The number of rotatable bonds is 5. The van der Waals surface area contributed by atoms with E-state index in [1.807, 2.05) is 49.4 Å². The molecule has 4 heteroatoms. The maximum Gasteiger partial charge on any atom is 0.224 e. The first-order chi connectivity index (χ1) is 11.7. The molecular formula is C20H23NO3. The lowest BCUT2D eigenvalue weighted by Gasteiger charge is -2.24. The molecule has 0 aromatic heterocycles. The Kier molecular flexibility index (Phi) is 5.04. The lowest BCUT2D eigenvalue weighted by molar-refractivity contribution is -0.121. The first kappa shape index (κ1) is 16.4. The highest BCUT2D eigenvalue weighted by molar-refractivity contribution is 5.79. The zero-order chi connectivity index (χ0) is 16.9. The zero-order valence-corrected chi connectivity index (χ0v) is 14.2. The van der Waals surface area contributed by atoms with Gasteiger partial charge in [0, 0.05) is 0 Å². The van der Waals surface area contributed by atoms with E-state index in [0.29, 0.717) is 19.6 Å². The van der Waals surface area contributed by atoms with Crippen LogP contribution in [0.2, 0.25) is 0 Å². The molecule has 0 saturated heterocycles. The molecule has 0 saturated carbocycles. The summed E-state index contributed by atoms with van der Waals surface area (Å²) in [7, 11) is 0. The number of carbonyl (C=O) groups is 1. The minimum Gasteiger partial charge on any atom is -0.486 e. The number of hydrogen-bond acceptors (Lipinski definition) is 3. The van der Waals surface area contributed by atoms with Crippen LogP contribution in [0.4, 0.5) is 0 Å². The van der Waals surface area contributed by atoms with Crippen molar-refractivity contribution < 1.29 is 14.3 Å². The van der Waals surface area contributed by atoms with Gasteiger partial charge >= 0.3 is 0 Å². The van der Waals surface area contributed by atoms with Crippen molar-refractivity contribution in [2.75, 3.05) is 13.2 Å². The van der Waals surface area contributed by atoms with Crippen molar-refractivity contribution in [2.45, 2.75) is 32.7 Å². The molecule has 1 unspecified atom stereocenters. The highest BCUT2D eigenvalue weighted by Crippen LogP contribution is 2.35. The summed E-state index contributed by atoms with van der Waals surface area (Å²) in [4.78, 5) is 12.3. The van der Waals surface area contributed by atoms with Gasteiger partial charge in [0.25, 0.3) is 0 Å². The highest BCUT2D eigenvalue weighted by atomic mass is 16.6. The Hall–Kier alpha value is -2.49. The van der Waals surface area contributed by atoms with Gasteiger partial charge in [0.1, 0.15) is 13.2 Å². The van der Waals surface area contributed by atoms with Crippen molar-refractivity contribution in [3.05, 3.63) is 59.2 Å². The smallest absolute Gasteiger partial charge is 0.224 e. The van der Waals surface area contributed by atoms with E-state index in [9.17, 15) is 4.79 Å². The topological polar surface area (TPSA) is 47.6 Å². The summed E-state index contributed by atoms with van der Waals surface area (Å²) >= 11 is 0. The summed E-state index contributed by atoms with van der Waals surface area (Å²) in [6.45, 7) is 5.26. The summed E-state index contributed by atoms with van der Waals surface area (Å²) in [5.41, 5.74) is 3.27. The number of nitrogens with one attached hydrogen (secondary N) is 1. The molecule has 4 nitrogen and oxygen atoms in total. The Bertz CT molecular complexity index is 712. The molecule has 1 N–H and O–H groups in total. The van der Waals surface area contributed by atoms with Gasteiger partial charge in [-0.3, -0.25) is 4.79 Å². The quantitative estimate of drug-likeness (QED) is 0.916. The Balaban J connectivity index is 1.74. The number of fused-ring (bicyclic) bond motifs is 1. The van der Waals surface area contributed by atoms with Gasteiger partial charge in [-0.2, -0.15) is 0 Å². The van der Waals surface area contributed by atoms with E-state index in [-0.39, 0.29) is 11.9 Å². The van der Waals surface area contributed by atoms with Gasteiger partial charge in [-0.1, -0.05) is 37.3 Å². The normalized spacial score (nSPS) is 14.1. The van der Waals surface area contributed by atoms with Crippen LogP contribution in [0.3, 0.4) is 0 Å². The maximum atomic E-state index is 12.3. The Morgan fingerprint density at radius 1 is 1.12 bits per heavy atom. The van der Waals surface area contributed by atoms with E-state index in [1.165, 1.54) is 5.56 Å². The van der Waals surface area contributed by atoms with E-state index in [1.54, 1.807) is 0 Å². The van der Waals surface area contributed by atoms with E-state index in [0.717, 1.165) is 29.0 Å². The molecule has 0 fully saturated rings. The minimum absolute atomic E-state index is 0.0191. The predicted octanol–water partition coefficient (Wildman–Crippen LogP) is 3.44. The molecule has 1 heterocycles. The van der Waals surface area contributed by atoms with Crippen molar-refractivity contribution in [1.29, 1.82) is 0 Å².